The normalized spacial score (nSPS) is 10.4. The van der Waals surface area contributed by atoms with E-state index in [1.807, 2.05) is 0 Å². The summed E-state index contributed by atoms with van der Waals surface area (Å²) in [6.07, 6.45) is 0. The molecule has 1 aromatic rings. The molecule has 0 saturated heterocycles. The molecule has 110 valence electrons. The summed E-state index contributed by atoms with van der Waals surface area (Å²) in [4.78, 5) is 24.1. The van der Waals surface area contributed by atoms with Crippen molar-refractivity contribution in [3.05, 3.63) is 34.6 Å². The molecule has 0 bridgehead atoms. The highest BCUT2D eigenvalue weighted by Gasteiger charge is 2.17. The minimum Gasteiger partial charge on any atom is -0.468 e. The standard InChI is InChI=1S/C13H15ClFNO4/c1-19-12(17)7-16(8-13(18)20-2)6-9-3-4-10(15)5-11(9)14/h3-5H,6-8H2,1-2H3. The smallest absolute Gasteiger partial charge is 0.319 e. The number of nitrogens with zero attached hydrogens (tertiary/aromatic N) is 1. The fraction of sp³-hybridized carbons (Fsp3) is 0.385. The quantitative estimate of drug-likeness (QED) is 0.748. The van der Waals surface area contributed by atoms with Crippen LogP contribution in [0.15, 0.2) is 18.2 Å². The second-order valence-corrected chi connectivity index (χ2v) is 4.44. The Morgan fingerprint density at radius 1 is 1.20 bits per heavy atom. The van der Waals surface area contributed by atoms with Gasteiger partial charge in [-0.1, -0.05) is 17.7 Å². The lowest BCUT2D eigenvalue weighted by Gasteiger charge is -2.20. The van der Waals surface area contributed by atoms with Crippen molar-refractivity contribution in [2.24, 2.45) is 0 Å². The van der Waals surface area contributed by atoms with E-state index >= 15 is 0 Å². The molecule has 5 nitrogen and oxygen atoms in total. The van der Waals surface area contributed by atoms with Crippen molar-refractivity contribution in [3.63, 3.8) is 0 Å². The highest BCUT2D eigenvalue weighted by atomic mass is 35.5. The fourth-order valence-electron chi connectivity index (χ4n) is 1.55. The minimum atomic E-state index is -0.493. The molecule has 0 radical (unpaired) electrons. The van der Waals surface area contributed by atoms with Gasteiger partial charge in [-0.2, -0.15) is 0 Å². The van der Waals surface area contributed by atoms with E-state index in [9.17, 15) is 14.0 Å². The summed E-state index contributed by atoms with van der Waals surface area (Å²) in [5, 5.41) is 0.227. The van der Waals surface area contributed by atoms with Gasteiger partial charge in [0, 0.05) is 11.6 Å². The van der Waals surface area contributed by atoms with E-state index in [-0.39, 0.29) is 24.7 Å². The summed E-state index contributed by atoms with van der Waals surface area (Å²) in [6, 6.07) is 3.93. The van der Waals surface area contributed by atoms with Gasteiger partial charge in [0.2, 0.25) is 0 Å². The van der Waals surface area contributed by atoms with Crippen molar-refractivity contribution in [1.29, 1.82) is 0 Å². The van der Waals surface area contributed by atoms with Gasteiger partial charge < -0.3 is 9.47 Å². The number of methoxy groups -OCH3 is 2. The zero-order valence-corrected chi connectivity index (χ0v) is 11.9. The molecule has 0 aromatic heterocycles. The first-order valence-electron chi connectivity index (χ1n) is 5.76. The summed E-state index contributed by atoms with van der Waals surface area (Å²) < 4.78 is 22.1. The van der Waals surface area contributed by atoms with Crippen LogP contribution < -0.4 is 0 Å². The van der Waals surface area contributed by atoms with Crippen LogP contribution in [-0.2, 0) is 25.6 Å². The number of rotatable bonds is 6. The molecule has 0 heterocycles. The van der Waals surface area contributed by atoms with Gasteiger partial charge >= 0.3 is 11.9 Å². The maximum Gasteiger partial charge on any atom is 0.319 e. The summed E-state index contributed by atoms with van der Waals surface area (Å²) in [5.74, 6) is -1.44. The number of carbonyl (C=O) groups excluding carboxylic acids is 2. The number of carbonyl (C=O) groups is 2. The average Bonchev–Trinajstić information content (AvgIpc) is 2.41. The van der Waals surface area contributed by atoms with E-state index in [1.165, 1.54) is 37.3 Å². The number of hydrogen-bond acceptors (Lipinski definition) is 5. The van der Waals surface area contributed by atoms with Gasteiger partial charge in [0.1, 0.15) is 5.82 Å². The Bertz CT molecular complexity index is 477. The highest BCUT2D eigenvalue weighted by Crippen LogP contribution is 2.19. The molecule has 0 aliphatic heterocycles. The molecule has 0 amide bonds. The first kappa shape index (κ1) is 16.4. The molecule has 7 heteroatoms. The van der Waals surface area contributed by atoms with Gasteiger partial charge in [0.25, 0.3) is 0 Å². The van der Waals surface area contributed by atoms with E-state index in [2.05, 4.69) is 9.47 Å². The van der Waals surface area contributed by atoms with Crippen LogP contribution >= 0.6 is 11.6 Å². The Balaban J connectivity index is 2.81. The average molecular weight is 304 g/mol. The summed E-state index contributed by atoms with van der Waals surface area (Å²) in [5.41, 5.74) is 0.598. The molecule has 0 N–H and O–H groups in total. The Morgan fingerprint density at radius 3 is 2.20 bits per heavy atom. The number of hydrogen-bond donors (Lipinski definition) is 0. The molecule has 0 aliphatic carbocycles. The van der Waals surface area contributed by atoms with Crippen molar-refractivity contribution in [3.8, 4) is 0 Å². The van der Waals surface area contributed by atoms with Gasteiger partial charge in [-0.3, -0.25) is 14.5 Å². The third kappa shape index (κ3) is 5.14. The number of benzene rings is 1. The monoisotopic (exact) mass is 303 g/mol. The van der Waals surface area contributed by atoms with Crippen LogP contribution in [0, 0.1) is 5.82 Å². The molecule has 0 saturated carbocycles. The zero-order valence-electron chi connectivity index (χ0n) is 11.2. The first-order chi connectivity index (χ1) is 9.46. The Hall–Kier alpha value is -1.66. The lowest BCUT2D eigenvalue weighted by atomic mass is 10.2. The molecule has 0 fully saturated rings. The molecule has 20 heavy (non-hydrogen) atoms. The molecule has 1 aromatic carbocycles. The van der Waals surface area contributed by atoms with E-state index in [0.717, 1.165) is 0 Å². The van der Waals surface area contributed by atoms with E-state index in [4.69, 9.17) is 11.6 Å². The van der Waals surface area contributed by atoms with E-state index in [1.54, 1.807) is 0 Å². The lowest BCUT2D eigenvalue weighted by Crippen LogP contribution is -2.35. The second kappa shape index (κ2) is 7.81. The maximum atomic E-state index is 13.0. The van der Waals surface area contributed by atoms with E-state index < -0.39 is 17.8 Å². The topological polar surface area (TPSA) is 55.8 Å². The number of esters is 2. The largest absolute Gasteiger partial charge is 0.468 e. The third-order valence-electron chi connectivity index (χ3n) is 2.57. The first-order valence-corrected chi connectivity index (χ1v) is 6.14. The van der Waals surface area contributed by atoms with Crippen molar-refractivity contribution < 1.29 is 23.5 Å². The predicted molar refractivity (Wildman–Crippen MR) is 70.7 cm³/mol. The molecule has 1 rings (SSSR count). The number of halogens is 2. The Kier molecular flexibility index (Phi) is 6.41. The molecular weight excluding hydrogens is 289 g/mol. The van der Waals surface area contributed by atoms with Crippen LogP contribution in [0.4, 0.5) is 4.39 Å². The van der Waals surface area contributed by atoms with Gasteiger partial charge in [-0.25, -0.2) is 4.39 Å². The maximum absolute atomic E-state index is 13.0. The van der Waals surface area contributed by atoms with E-state index in [0.29, 0.717) is 5.56 Å². The Morgan fingerprint density at radius 2 is 1.75 bits per heavy atom. The van der Waals surface area contributed by atoms with Crippen molar-refractivity contribution >= 4 is 23.5 Å². The van der Waals surface area contributed by atoms with Gasteiger partial charge in [-0.05, 0) is 17.7 Å². The molecular formula is C13H15ClFNO4. The lowest BCUT2D eigenvalue weighted by molar-refractivity contribution is -0.145. The van der Waals surface area contributed by atoms with Crippen molar-refractivity contribution in [1.82, 2.24) is 4.90 Å². The number of ether oxygens (including phenoxy) is 2. The molecule has 0 unspecified atom stereocenters. The molecule has 0 atom stereocenters. The van der Waals surface area contributed by atoms with Crippen LogP contribution in [0.3, 0.4) is 0 Å². The second-order valence-electron chi connectivity index (χ2n) is 4.03. The summed E-state index contributed by atoms with van der Waals surface area (Å²) >= 11 is 5.92. The fourth-order valence-corrected chi connectivity index (χ4v) is 1.78. The zero-order chi connectivity index (χ0) is 15.1. The van der Waals surface area contributed by atoms with Crippen LogP contribution in [-0.4, -0.2) is 44.1 Å². The van der Waals surface area contributed by atoms with Gasteiger partial charge in [-0.15, -0.1) is 0 Å². The Labute approximate surface area is 121 Å². The summed E-state index contributed by atoms with van der Waals surface area (Å²) in [7, 11) is 2.51. The molecule has 0 aliphatic rings. The van der Waals surface area contributed by atoms with Crippen LogP contribution in [0.25, 0.3) is 0 Å². The predicted octanol–water partition coefficient (Wildman–Crippen LogP) is 1.63. The van der Waals surface area contributed by atoms with Crippen LogP contribution in [0.2, 0.25) is 5.02 Å². The third-order valence-corrected chi connectivity index (χ3v) is 2.92. The minimum absolute atomic E-state index is 0.0979. The van der Waals surface area contributed by atoms with Crippen molar-refractivity contribution in [2.75, 3.05) is 27.3 Å². The van der Waals surface area contributed by atoms with Gasteiger partial charge in [0.05, 0.1) is 27.3 Å². The van der Waals surface area contributed by atoms with Crippen molar-refractivity contribution in [2.45, 2.75) is 6.54 Å². The van der Waals surface area contributed by atoms with Crippen LogP contribution in [0.5, 0.6) is 0 Å². The SMILES string of the molecule is COC(=O)CN(CC(=O)OC)Cc1ccc(F)cc1Cl. The summed E-state index contributed by atoms with van der Waals surface area (Å²) in [6.45, 7) is 0.00191. The van der Waals surface area contributed by atoms with Crippen LogP contribution in [0.1, 0.15) is 5.56 Å². The van der Waals surface area contributed by atoms with Gasteiger partial charge in [0.15, 0.2) is 0 Å². The highest BCUT2D eigenvalue weighted by molar-refractivity contribution is 6.31. The molecule has 0 spiro atoms.